The Morgan fingerprint density at radius 1 is 1.39 bits per heavy atom. The van der Waals surface area contributed by atoms with Gasteiger partial charge in [0.25, 0.3) is 0 Å². The summed E-state index contributed by atoms with van der Waals surface area (Å²) in [5.41, 5.74) is 0. The normalized spacial score (nSPS) is 26.9. The van der Waals surface area contributed by atoms with Crippen LogP contribution >= 0.6 is 0 Å². The lowest BCUT2D eigenvalue weighted by atomic mass is 10.1. The third-order valence-electron chi connectivity index (χ3n) is 2.90. The number of hydrogen-bond donors (Lipinski definition) is 2. The van der Waals surface area contributed by atoms with Crippen LogP contribution in [0.25, 0.3) is 0 Å². The van der Waals surface area contributed by atoms with Gasteiger partial charge in [-0.1, -0.05) is 13.3 Å². The van der Waals surface area contributed by atoms with Gasteiger partial charge in [-0.3, -0.25) is 4.79 Å². The molecule has 1 rings (SSSR count). The van der Waals surface area contributed by atoms with Crippen molar-refractivity contribution in [1.29, 1.82) is 0 Å². The summed E-state index contributed by atoms with van der Waals surface area (Å²) < 4.78 is 11.2. The largest absolute Gasteiger partial charge is 0.394 e. The smallest absolute Gasteiger partial charge is 0.222 e. The van der Waals surface area contributed by atoms with Crippen LogP contribution in [-0.2, 0) is 14.3 Å². The van der Waals surface area contributed by atoms with E-state index in [9.17, 15) is 4.79 Å². The fourth-order valence-electron chi connectivity index (χ4n) is 2.14. The standard InChI is InChI=1S/C13H25NO4/c1-4-5-6-14-12(16)8-10-7-11(9-15)18-13(2,3)17-10/h10-11,15H,4-9H2,1-3H3,(H,14,16). The Morgan fingerprint density at radius 2 is 2.06 bits per heavy atom. The predicted octanol–water partition coefficient (Wildman–Crippen LogP) is 1.20. The minimum absolute atomic E-state index is 0.00263. The number of nitrogens with one attached hydrogen (secondary N) is 1. The van der Waals surface area contributed by atoms with E-state index in [0.29, 0.717) is 19.4 Å². The van der Waals surface area contributed by atoms with Gasteiger partial charge < -0.3 is 19.9 Å². The van der Waals surface area contributed by atoms with E-state index in [1.807, 2.05) is 0 Å². The first-order valence-electron chi connectivity index (χ1n) is 6.70. The van der Waals surface area contributed by atoms with Crippen molar-refractivity contribution in [2.45, 2.75) is 64.4 Å². The molecular formula is C13H25NO4. The van der Waals surface area contributed by atoms with Crippen LogP contribution in [0.2, 0.25) is 0 Å². The first kappa shape index (κ1) is 15.4. The Hall–Kier alpha value is -0.650. The van der Waals surface area contributed by atoms with Gasteiger partial charge >= 0.3 is 0 Å². The molecule has 0 aliphatic carbocycles. The van der Waals surface area contributed by atoms with E-state index < -0.39 is 5.79 Å². The average molecular weight is 259 g/mol. The maximum Gasteiger partial charge on any atom is 0.222 e. The molecule has 0 bridgehead atoms. The van der Waals surface area contributed by atoms with Crippen molar-refractivity contribution in [3.63, 3.8) is 0 Å². The third kappa shape index (κ3) is 5.33. The fourth-order valence-corrected chi connectivity index (χ4v) is 2.14. The zero-order valence-corrected chi connectivity index (χ0v) is 11.6. The third-order valence-corrected chi connectivity index (χ3v) is 2.90. The van der Waals surface area contributed by atoms with Crippen molar-refractivity contribution < 1.29 is 19.4 Å². The van der Waals surface area contributed by atoms with Crippen LogP contribution in [0.1, 0.15) is 46.5 Å². The summed E-state index contributed by atoms with van der Waals surface area (Å²) >= 11 is 0. The number of unbranched alkanes of at least 4 members (excludes halogenated alkanes) is 1. The van der Waals surface area contributed by atoms with E-state index in [4.69, 9.17) is 14.6 Å². The minimum atomic E-state index is -0.736. The van der Waals surface area contributed by atoms with Crippen LogP contribution in [0.3, 0.4) is 0 Å². The highest BCUT2D eigenvalue weighted by Crippen LogP contribution is 2.27. The van der Waals surface area contributed by atoms with Crippen LogP contribution in [-0.4, -0.2) is 42.2 Å². The highest BCUT2D eigenvalue weighted by atomic mass is 16.7. The quantitative estimate of drug-likeness (QED) is 0.703. The van der Waals surface area contributed by atoms with Gasteiger partial charge in [0.05, 0.1) is 25.2 Å². The summed E-state index contributed by atoms with van der Waals surface area (Å²) in [4.78, 5) is 11.7. The van der Waals surface area contributed by atoms with Crippen LogP contribution in [0.5, 0.6) is 0 Å². The molecule has 1 amide bonds. The van der Waals surface area contributed by atoms with E-state index in [1.165, 1.54) is 0 Å². The second kappa shape index (κ2) is 7.07. The predicted molar refractivity (Wildman–Crippen MR) is 68.1 cm³/mol. The maximum atomic E-state index is 11.7. The molecule has 106 valence electrons. The Kier molecular flexibility index (Phi) is 6.05. The number of amides is 1. The lowest BCUT2D eigenvalue weighted by Crippen LogP contribution is -2.47. The van der Waals surface area contributed by atoms with Crippen LogP contribution < -0.4 is 5.32 Å². The van der Waals surface area contributed by atoms with Gasteiger partial charge in [-0.05, 0) is 20.3 Å². The molecule has 1 saturated heterocycles. The van der Waals surface area contributed by atoms with E-state index >= 15 is 0 Å². The van der Waals surface area contributed by atoms with Crippen LogP contribution in [0.4, 0.5) is 0 Å². The first-order valence-corrected chi connectivity index (χ1v) is 6.70. The van der Waals surface area contributed by atoms with Gasteiger partial charge in [0.1, 0.15) is 0 Å². The molecular weight excluding hydrogens is 234 g/mol. The van der Waals surface area contributed by atoms with E-state index in [0.717, 1.165) is 12.8 Å². The van der Waals surface area contributed by atoms with Crippen molar-refractivity contribution in [2.75, 3.05) is 13.2 Å². The minimum Gasteiger partial charge on any atom is -0.394 e. The molecule has 2 N–H and O–H groups in total. The molecule has 0 radical (unpaired) electrons. The zero-order valence-electron chi connectivity index (χ0n) is 11.6. The second-order valence-electron chi connectivity index (χ2n) is 5.21. The fraction of sp³-hybridized carbons (Fsp3) is 0.923. The van der Waals surface area contributed by atoms with Crippen molar-refractivity contribution >= 4 is 5.91 Å². The van der Waals surface area contributed by atoms with Gasteiger partial charge in [0.15, 0.2) is 5.79 Å². The molecule has 1 aliphatic heterocycles. The maximum absolute atomic E-state index is 11.7. The van der Waals surface area contributed by atoms with E-state index in [-0.39, 0.29) is 24.7 Å². The number of aliphatic hydroxyl groups is 1. The first-order chi connectivity index (χ1) is 8.46. The number of hydrogen-bond acceptors (Lipinski definition) is 4. The highest BCUT2D eigenvalue weighted by molar-refractivity contribution is 5.76. The van der Waals surface area contributed by atoms with Crippen LogP contribution in [0.15, 0.2) is 0 Å². The highest BCUT2D eigenvalue weighted by Gasteiger charge is 2.35. The molecule has 2 unspecified atom stereocenters. The van der Waals surface area contributed by atoms with Crippen molar-refractivity contribution in [2.24, 2.45) is 0 Å². The summed E-state index contributed by atoms with van der Waals surface area (Å²) in [5.74, 6) is -0.733. The Labute approximate surface area is 109 Å². The summed E-state index contributed by atoms with van der Waals surface area (Å²) in [6.07, 6.45) is 2.50. The summed E-state index contributed by atoms with van der Waals surface area (Å²) in [7, 11) is 0. The molecule has 5 heteroatoms. The topological polar surface area (TPSA) is 67.8 Å². The second-order valence-corrected chi connectivity index (χ2v) is 5.21. The molecule has 18 heavy (non-hydrogen) atoms. The monoisotopic (exact) mass is 259 g/mol. The van der Waals surface area contributed by atoms with Crippen molar-refractivity contribution in [3.05, 3.63) is 0 Å². The average Bonchev–Trinajstić information content (AvgIpc) is 2.27. The molecule has 5 nitrogen and oxygen atoms in total. The Morgan fingerprint density at radius 3 is 2.67 bits per heavy atom. The number of ether oxygens (including phenoxy) is 2. The molecule has 0 aromatic heterocycles. The SMILES string of the molecule is CCCCNC(=O)CC1CC(CO)OC(C)(C)O1. The molecule has 1 fully saturated rings. The lowest BCUT2D eigenvalue weighted by molar-refractivity contribution is -0.303. The lowest BCUT2D eigenvalue weighted by Gasteiger charge is -2.40. The van der Waals surface area contributed by atoms with Crippen molar-refractivity contribution in [1.82, 2.24) is 5.32 Å². The van der Waals surface area contributed by atoms with E-state index in [2.05, 4.69) is 12.2 Å². The summed E-state index contributed by atoms with van der Waals surface area (Å²) in [5, 5.41) is 12.0. The Balaban J connectivity index is 2.38. The molecule has 2 atom stereocenters. The number of aliphatic hydroxyl groups excluding tert-OH is 1. The molecule has 1 heterocycles. The van der Waals surface area contributed by atoms with Crippen molar-refractivity contribution in [3.8, 4) is 0 Å². The Bertz CT molecular complexity index is 268. The number of carbonyl (C=O) groups excluding carboxylic acids is 1. The molecule has 0 spiro atoms. The van der Waals surface area contributed by atoms with E-state index in [1.54, 1.807) is 13.8 Å². The molecule has 0 saturated carbocycles. The van der Waals surface area contributed by atoms with Gasteiger partial charge in [0.2, 0.25) is 5.91 Å². The number of rotatable bonds is 6. The zero-order chi connectivity index (χ0) is 13.6. The van der Waals surface area contributed by atoms with Gasteiger partial charge in [0, 0.05) is 13.0 Å². The number of carbonyl (C=O) groups is 1. The molecule has 0 aromatic carbocycles. The van der Waals surface area contributed by atoms with Gasteiger partial charge in [-0.15, -0.1) is 0 Å². The molecule has 1 aliphatic rings. The molecule has 0 aromatic rings. The van der Waals surface area contributed by atoms with Gasteiger partial charge in [-0.2, -0.15) is 0 Å². The summed E-state index contributed by atoms with van der Waals surface area (Å²) in [6, 6.07) is 0. The summed E-state index contributed by atoms with van der Waals surface area (Å²) in [6.45, 7) is 6.36. The van der Waals surface area contributed by atoms with Gasteiger partial charge in [-0.25, -0.2) is 0 Å². The van der Waals surface area contributed by atoms with Crippen LogP contribution in [0, 0.1) is 0 Å².